The van der Waals surface area contributed by atoms with E-state index in [0.717, 1.165) is 40.0 Å². The average molecular weight is 501 g/mol. The summed E-state index contributed by atoms with van der Waals surface area (Å²) in [5.41, 5.74) is 0.686. The molecule has 1 saturated carbocycles. The first kappa shape index (κ1) is 22.2. The van der Waals surface area contributed by atoms with Crippen LogP contribution in [-0.2, 0) is 14.6 Å². The Morgan fingerprint density at radius 3 is 2.59 bits per heavy atom. The molecule has 0 saturated heterocycles. The van der Waals surface area contributed by atoms with Gasteiger partial charge in [0.25, 0.3) is 0 Å². The van der Waals surface area contributed by atoms with E-state index in [2.05, 4.69) is 26.2 Å². The van der Waals surface area contributed by atoms with Crippen LogP contribution < -0.4 is 5.32 Å². The first-order chi connectivity index (χ1) is 13.6. The Bertz CT molecular complexity index is 980. The number of alkyl carbamates (subject to hydrolysis) is 1. The molecule has 1 aliphatic carbocycles. The molecule has 1 fully saturated rings. The first-order valence-corrected chi connectivity index (χ1v) is 13.1. The normalized spacial score (nSPS) is 19.9. The van der Waals surface area contributed by atoms with E-state index in [1.165, 1.54) is 6.26 Å². The predicted octanol–water partition coefficient (Wildman–Crippen LogP) is 5.14. The van der Waals surface area contributed by atoms with Crippen LogP contribution in [0.1, 0.15) is 50.5 Å². The molecule has 1 amide bonds. The van der Waals surface area contributed by atoms with Gasteiger partial charge in [-0.2, -0.15) is 0 Å². The van der Waals surface area contributed by atoms with Crippen LogP contribution in [0, 0.1) is 0 Å². The Morgan fingerprint density at radius 2 is 1.97 bits per heavy atom. The molecule has 1 aromatic heterocycles. The lowest BCUT2D eigenvalue weighted by Gasteiger charge is -2.28. The number of hydrogen-bond acceptors (Lipinski definition) is 6. The first-order valence-electron chi connectivity index (χ1n) is 9.56. The third-order valence-electron chi connectivity index (χ3n) is 4.87. The van der Waals surface area contributed by atoms with Crippen molar-refractivity contribution in [2.24, 2.45) is 0 Å². The molecular weight excluding hydrogens is 476 g/mol. The van der Waals surface area contributed by atoms with E-state index in [4.69, 9.17) is 4.74 Å². The van der Waals surface area contributed by atoms with Crippen molar-refractivity contribution in [2.75, 3.05) is 6.26 Å². The van der Waals surface area contributed by atoms with Crippen molar-refractivity contribution in [1.29, 1.82) is 0 Å². The van der Waals surface area contributed by atoms with E-state index in [1.807, 2.05) is 26.0 Å². The Balaban J connectivity index is 1.69. The van der Waals surface area contributed by atoms with E-state index >= 15 is 0 Å². The Kier molecular flexibility index (Phi) is 7.01. The summed E-state index contributed by atoms with van der Waals surface area (Å²) in [5, 5.41) is 3.95. The molecule has 1 aliphatic rings. The van der Waals surface area contributed by atoms with Crippen molar-refractivity contribution < 1.29 is 17.9 Å². The summed E-state index contributed by atoms with van der Waals surface area (Å²) in [6.07, 6.45) is 6.11. The molecule has 1 heterocycles. The molecule has 6 nitrogen and oxygen atoms in total. The zero-order chi connectivity index (χ0) is 21.2. The molecular formula is C20H25BrN2O4S2. The van der Waals surface area contributed by atoms with Gasteiger partial charge in [0.05, 0.1) is 20.9 Å². The fraction of sp³-hybridized carbons (Fsp3) is 0.500. The minimum Gasteiger partial charge on any atom is -0.447 e. The van der Waals surface area contributed by atoms with Crippen LogP contribution >= 0.6 is 27.3 Å². The highest BCUT2D eigenvalue weighted by atomic mass is 79.9. The minimum atomic E-state index is -3.35. The van der Waals surface area contributed by atoms with Crippen LogP contribution in [0.4, 0.5) is 4.79 Å². The van der Waals surface area contributed by atoms with Crippen LogP contribution in [0.15, 0.2) is 33.8 Å². The monoisotopic (exact) mass is 500 g/mol. The SMILES string of the molecule is CC(C)OC(=O)NC1CCC(c2ncc(-c3ccc(Br)cc3S(C)(=O)=O)s2)CC1. The number of carbonyl (C=O) groups is 1. The number of nitrogens with one attached hydrogen (secondary N) is 1. The maximum absolute atomic E-state index is 12.2. The minimum absolute atomic E-state index is 0.125. The molecule has 3 rings (SSSR count). The van der Waals surface area contributed by atoms with Gasteiger partial charge in [0.1, 0.15) is 0 Å². The molecule has 158 valence electrons. The van der Waals surface area contributed by atoms with Gasteiger partial charge in [-0.3, -0.25) is 0 Å². The summed E-state index contributed by atoms with van der Waals surface area (Å²) < 4.78 is 30.3. The van der Waals surface area contributed by atoms with E-state index < -0.39 is 9.84 Å². The van der Waals surface area contributed by atoms with Gasteiger partial charge in [0.2, 0.25) is 0 Å². The van der Waals surface area contributed by atoms with E-state index in [1.54, 1.807) is 23.6 Å². The molecule has 1 N–H and O–H groups in total. The third kappa shape index (κ3) is 5.79. The average Bonchev–Trinajstić information content (AvgIpc) is 3.10. The molecule has 0 radical (unpaired) electrons. The second-order valence-corrected chi connectivity index (χ2v) is 11.6. The van der Waals surface area contributed by atoms with Crippen LogP contribution in [0.5, 0.6) is 0 Å². The van der Waals surface area contributed by atoms with Crippen molar-refractivity contribution >= 4 is 43.2 Å². The number of sulfone groups is 1. The molecule has 0 atom stereocenters. The molecule has 0 aliphatic heterocycles. The lowest BCUT2D eigenvalue weighted by atomic mass is 9.86. The number of hydrogen-bond donors (Lipinski definition) is 1. The number of benzene rings is 1. The fourth-order valence-corrected chi connectivity index (χ4v) is 6.13. The molecule has 29 heavy (non-hydrogen) atoms. The maximum atomic E-state index is 12.2. The number of carbonyl (C=O) groups excluding carboxylic acids is 1. The number of halogens is 1. The molecule has 0 unspecified atom stereocenters. The van der Waals surface area contributed by atoms with Crippen molar-refractivity contribution in [2.45, 2.75) is 62.5 Å². The Labute approximate surface area is 184 Å². The predicted molar refractivity (Wildman–Crippen MR) is 118 cm³/mol. The van der Waals surface area contributed by atoms with Gasteiger partial charge in [-0.1, -0.05) is 22.0 Å². The number of amides is 1. The highest BCUT2D eigenvalue weighted by Crippen LogP contribution is 2.39. The van der Waals surface area contributed by atoms with Gasteiger partial charge in [-0.05, 0) is 51.7 Å². The van der Waals surface area contributed by atoms with Crippen LogP contribution in [-0.4, -0.2) is 37.9 Å². The maximum Gasteiger partial charge on any atom is 0.407 e. The summed E-state index contributed by atoms with van der Waals surface area (Å²) in [6.45, 7) is 3.66. The van der Waals surface area contributed by atoms with Crippen LogP contribution in [0.25, 0.3) is 10.4 Å². The molecule has 0 spiro atoms. The van der Waals surface area contributed by atoms with Crippen molar-refractivity contribution in [3.63, 3.8) is 0 Å². The highest BCUT2D eigenvalue weighted by Gasteiger charge is 2.26. The number of aromatic nitrogens is 1. The summed E-state index contributed by atoms with van der Waals surface area (Å²) in [4.78, 5) is 17.5. The van der Waals surface area contributed by atoms with Crippen LogP contribution in [0.2, 0.25) is 0 Å². The lowest BCUT2D eigenvalue weighted by Crippen LogP contribution is -2.38. The standard InChI is InChI=1S/C20H25BrN2O4S2/c1-12(2)27-20(24)23-15-7-4-13(5-8-15)19-22-11-17(28-19)16-9-6-14(21)10-18(16)29(3,25)26/h6,9-13,15H,4-5,7-8H2,1-3H3,(H,23,24). The van der Waals surface area contributed by atoms with Crippen molar-refractivity contribution in [1.82, 2.24) is 10.3 Å². The molecule has 0 bridgehead atoms. The van der Waals surface area contributed by atoms with Gasteiger partial charge < -0.3 is 10.1 Å². The van der Waals surface area contributed by atoms with E-state index in [0.29, 0.717) is 16.4 Å². The summed E-state index contributed by atoms with van der Waals surface area (Å²) >= 11 is 4.90. The topological polar surface area (TPSA) is 85.4 Å². The number of ether oxygens (including phenoxy) is 1. The second kappa shape index (κ2) is 9.14. The van der Waals surface area contributed by atoms with Gasteiger partial charge in [-0.15, -0.1) is 11.3 Å². The smallest absolute Gasteiger partial charge is 0.407 e. The van der Waals surface area contributed by atoms with Gasteiger partial charge in [0, 0.05) is 34.4 Å². The van der Waals surface area contributed by atoms with E-state index in [-0.39, 0.29) is 18.2 Å². The van der Waals surface area contributed by atoms with Crippen LogP contribution in [0.3, 0.4) is 0 Å². The lowest BCUT2D eigenvalue weighted by molar-refractivity contribution is 0.109. The summed E-state index contributed by atoms with van der Waals surface area (Å²) in [6, 6.07) is 5.42. The summed E-state index contributed by atoms with van der Waals surface area (Å²) in [7, 11) is -3.35. The quantitative estimate of drug-likeness (QED) is 0.614. The number of thiazole rings is 1. The van der Waals surface area contributed by atoms with Gasteiger partial charge in [-0.25, -0.2) is 18.2 Å². The molecule has 9 heteroatoms. The van der Waals surface area contributed by atoms with Gasteiger partial charge >= 0.3 is 6.09 Å². The molecule has 1 aromatic carbocycles. The highest BCUT2D eigenvalue weighted by molar-refractivity contribution is 9.10. The zero-order valence-electron chi connectivity index (χ0n) is 16.6. The largest absolute Gasteiger partial charge is 0.447 e. The third-order valence-corrected chi connectivity index (χ3v) is 7.70. The van der Waals surface area contributed by atoms with Crippen molar-refractivity contribution in [3.8, 4) is 10.4 Å². The van der Waals surface area contributed by atoms with E-state index in [9.17, 15) is 13.2 Å². The fourth-order valence-electron chi connectivity index (χ4n) is 3.51. The molecule has 2 aromatic rings. The van der Waals surface area contributed by atoms with Crippen molar-refractivity contribution in [3.05, 3.63) is 33.9 Å². The Hall–Kier alpha value is -1.45. The number of nitrogens with zero attached hydrogens (tertiary/aromatic N) is 1. The summed E-state index contributed by atoms with van der Waals surface area (Å²) in [5.74, 6) is 0.324. The number of rotatable bonds is 5. The second-order valence-electron chi connectivity index (χ2n) is 7.62. The zero-order valence-corrected chi connectivity index (χ0v) is 19.9. The Morgan fingerprint density at radius 1 is 1.28 bits per heavy atom. The van der Waals surface area contributed by atoms with Gasteiger partial charge in [0.15, 0.2) is 9.84 Å².